The summed E-state index contributed by atoms with van der Waals surface area (Å²) in [5, 5.41) is 7.85. The van der Waals surface area contributed by atoms with E-state index >= 15 is 0 Å². The van der Waals surface area contributed by atoms with Gasteiger partial charge in [-0.2, -0.15) is 0 Å². The minimum Gasteiger partial charge on any atom is -0.450 e. The molecule has 7 heteroatoms. The summed E-state index contributed by atoms with van der Waals surface area (Å²) in [4.78, 5) is 16.4. The lowest BCUT2D eigenvalue weighted by Gasteiger charge is -2.51. The molecule has 2 saturated heterocycles. The third-order valence-corrected chi connectivity index (χ3v) is 6.07. The van der Waals surface area contributed by atoms with Gasteiger partial charge in [-0.1, -0.05) is 0 Å². The smallest absolute Gasteiger partial charge is 0.409 e. The molecule has 1 amide bonds. The van der Waals surface area contributed by atoms with E-state index in [1.165, 1.54) is 19.2 Å². The molecule has 0 aromatic carbocycles. The van der Waals surface area contributed by atoms with Crippen LogP contribution in [0.1, 0.15) is 50.8 Å². The average Bonchev–Trinajstić information content (AvgIpc) is 3.24. The molecule has 132 valence electrons. The Morgan fingerprint density at radius 2 is 2.17 bits per heavy atom. The van der Waals surface area contributed by atoms with Gasteiger partial charge < -0.3 is 19.0 Å². The Balaban J connectivity index is 1.24. The van der Waals surface area contributed by atoms with Gasteiger partial charge in [0.05, 0.1) is 6.61 Å². The second-order valence-corrected chi connectivity index (χ2v) is 7.52. The molecule has 0 N–H and O–H groups in total. The summed E-state index contributed by atoms with van der Waals surface area (Å²) >= 11 is 0. The Labute approximate surface area is 142 Å². The van der Waals surface area contributed by atoms with Gasteiger partial charge in [0.25, 0.3) is 0 Å². The first-order valence-electron chi connectivity index (χ1n) is 9.11. The van der Waals surface area contributed by atoms with Crippen LogP contribution < -0.4 is 0 Å². The van der Waals surface area contributed by atoms with Crippen molar-refractivity contribution in [2.45, 2.75) is 51.0 Å². The molecule has 1 aromatic rings. The monoisotopic (exact) mass is 334 g/mol. The van der Waals surface area contributed by atoms with Crippen LogP contribution in [0.2, 0.25) is 0 Å². The van der Waals surface area contributed by atoms with Crippen LogP contribution in [0.5, 0.6) is 0 Å². The fraction of sp³-hybridized carbons (Fsp3) is 0.824. The first-order chi connectivity index (χ1) is 11.7. The highest BCUT2D eigenvalue weighted by atomic mass is 16.6. The van der Waals surface area contributed by atoms with E-state index in [-0.39, 0.29) is 6.09 Å². The Kier molecular flexibility index (Phi) is 4.20. The molecule has 1 spiro atoms. The molecule has 24 heavy (non-hydrogen) atoms. The predicted molar refractivity (Wildman–Crippen MR) is 86.5 cm³/mol. The van der Waals surface area contributed by atoms with E-state index in [1.807, 2.05) is 11.8 Å². The van der Waals surface area contributed by atoms with Crippen LogP contribution >= 0.6 is 0 Å². The fourth-order valence-corrected chi connectivity index (χ4v) is 4.71. The molecule has 0 unspecified atom stereocenters. The van der Waals surface area contributed by atoms with Crippen LogP contribution in [0.15, 0.2) is 10.8 Å². The van der Waals surface area contributed by atoms with E-state index in [2.05, 4.69) is 15.1 Å². The van der Waals surface area contributed by atoms with Gasteiger partial charge in [-0.25, -0.2) is 4.79 Å². The maximum absolute atomic E-state index is 11.9. The summed E-state index contributed by atoms with van der Waals surface area (Å²) < 4.78 is 10.5. The molecule has 1 saturated carbocycles. The van der Waals surface area contributed by atoms with E-state index in [1.54, 1.807) is 0 Å². The van der Waals surface area contributed by atoms with Gasteiger partial charge in [0.2, 0.25) is 12.3 Å². The van der Waals surface area contributed by atoms with E-state index in [4.69, 9.17) is 9.15 Å². The molecule has 0 radical (unpaired) electrons. The lowest BCUT2D eigenvalue weighted by Crippen LogP contribution is -2.54. The molecule has 7 nitrogen and oxygen atoms in total. The summed E-state index contributed by atoms with van der Waals surface area (Å²) in [7, 11) is 0. The van der Waals surface area contributed by atoms with Crippen molar-refractivity contribution in [3.63, 3.8) is 0 Å². The number of hydrogen-bond acceptors (Lipinski definition) is 6. The van der Waals surface area contributed by atoms with Crippen LogP contribution in [0, 0.1) is 5.41 Å². The minimum atomic E-state index is -0.141. The number of carbonyl (C=O) groups excluding carboxylic acids is 1. The van der Waals surface area contributed by atoms with Crippen molar-refractivity contribution in [3.05, 3.63) is 12.3 Å². The molecule has 2 aliphatic heterocycles. The molecular weight excluding hydrogens is 308 g/mol. The topological polar surface area (TPSA) is 71.7 Å². The number of amides is 1. The Hall–Kier alpha value is -1.63. The number of hydrogen-bond donors (Lipinski definition) is 0. The second-order valence-electron chi connectivity index (χ2n) is 7.52. The molecule has 0 bridgehead atoms. The second kappa shape index (κ2) is 6.35. The van der Waals surface area contributed by atoms with Crippen molar-refractivity contribution in [1.29, 1.82) is 0 Å². The van der Waals surface area contributed by atoms with Crippen molar-refractivity contribution in [3.8, 4) is 0 Å². The quantitative estimate of drug-likeness (QED) is 0.844. The lowest BCUT2D eigenvalue weighted by molar-refractivity contribution is -0.00583. The molecular formula is C17H26N4O3. The van der Waals surface area contributed by atoms with Gasteiger partial charge in [0.1, 0.15) is 0 Å². The summed E-state index contributed by atoms with van der Waals surface area (Å²) in [6.45, 7) is 6.26. The Bertz CT molecular complexity index is 562. The number of likely N-dealkylation sites (tertiary alicyclic amines) is 2. The van der Waals surface area contributed by atoms with E-state index in [0.717, 1.165) is 51.3 Å². The standard InChI is InChI=1S/C17H26N4O3/c1-2-23-16(22)21-8-5-17(11-21)9-14(10-17)20-6-3-13(4-7-20)15-19-18-12-24-15/h12-14H,2-11H2,1H3. The summed E-state index contributed by atoms with van der Waals surface area (Å²) in [6, 6.07) is 0.677. The predicted octanol–water partition coefficient (Wildman–Crippen LogP) is 2.26. The largest absolute Gasteiger partial charge is 0.450 e. The van der Waals surface area contributed by atoms with Gasteiger partial charge in [-0.05, 0) is 57.5 Å². The Morgan fingerprint density at radius 1 is 1.38 bits per heavy atom. The van der Waals surface area contributed by atoms with Gasteiger partial charge in [-0.15, -0.1) is 10.2 Å². The highest BCUT2D eigenvalue weighted by Gasteiger charge is 2.51. The van der Waals surface area contributed by atoms with Crippen LogP contribution in [0.3, 0.4) is 0 Å². The number of piperidine rings is 1. The summed E-state index contributed by atoms with van der Waals surface area (Å²) in [6.07, 6.45) is 7.04. The van der Waals surface area contributed by atoms with Crippen LogP contribution in [0.4, 0.5) is 4.79 Å². The van der Waals surface area contributed by atoms with Crippen molar-refractivity contribution < 1.29 is 13.9 Å². The average molecular weight is 334 g/mol. The normalized spacial score (nSPS) is 31.4. The molecule has 1 aliphatic carbocycles. The minimum absolute atomic E-state index is 0.141. The zero-order valence-electron chi connectivity index (χ0n) is 14.3. The van der Waals surface area contributed by atoms with E-state index in [9.17, 15) is 4.79 Å². The third-order valence-electron chi connectivity index (χ3n) is 6.07. The Morgan fingerprint density at radius 3 is 2.83 bits per heavy atom. The lowest BCUT2D eigenvalue weighted by atomic mass is 9.64. The maximum atomic E-state index is 11.9. The SMILES string of the molecule is CCOC(=O)N1CCC2(CC(N3CCC(c4nnco4)CC3)C2)C1. The number of carbonyl (C=O) groups is 1. The van der Waals surface area contributed by atoms with E-state index in [0.29, 0.717) is 24.0 Å². The van der Waals surface area contributed by atoms with Crippen molar-refractivity contribution >= 4 is 6.09 Å². The van der Waals surface area contributed by atoms with E-state index < -0.39 is 0 Å². The fourth-order valence-electron chi connectivity index (χ4n) is 4.71. The maximum Gasteiger partial charge on any atom is 0.409 e. The molecule has 1 aromatic heterocycles. The zero-order valence-corrected chi connectivity index (χ0v) is 14.3. The number of aromatic nitrogens is 2. The number of nitrogens with zero attached hydrogens (tertiary/aromatic N) is 4. The van der Waals surface area contributed by atoms with Crippen LogP contribution in [-0.4, -0.2) is 64.9 Å². The van der Waals surface area contributed by atoms with Gasteiger partial charge in [0.15, 0.2) is 0 Å². The number of rotatable bonds is 3. The number of ether oxygens (including phenoxy) is 1. The first-order valence-corrected chi connectivity index (χ1v) is 9.11. The van der Waals surface area contributed by atoms with Crippen molar-refractivity contribution in [2.75, 3.05) is 32.8 Å². The summed E-state index contributed by atoms with van der Waals surface area (Å²) in [5.41, 5.74) is 0.348. The molecule has 0 atom stereocenters. The first kappa shape index (κ1) is 15.9. The van der Waals surface area contributed by atoms with Crippen molar-refractivity contribution in [1.82, 2.24) is 20.0 Å². The third kappa shape index (κ3) is 2.90. The van der Waals surface area contributed by atoms with Crippen LogP contribution in [-0.2, 0) is 4.74 Å². The van der Waals surface area contributed by atoms with Gasteiger partial charge in [0, 0.05) is 25.0 Å². The molecule has 3 fully saturated rings. The molecule has 3 aliphatic rings. The van der Waals surface area contributed by atoms with Gasteiger partial charge >= 0.3 is 6.09 Å². The summed E-state index contributed by atoms with van der Waals surface area (Å²) in [5.74, 6) is 1.21. The molecule has 3 heterocycles. The highest BCUT2D eigenvalue weighted by molar-refractivity contribution is 5.68. The van der Waals surface area contributed by atoms with Crippen molar-refractivity contribution in [2.24, 2.45) is 5.41 Å². The molecule has 4 rings (SSSR count). The zero-order chi connectivity index (χ0) is 16.6. The van der Waals surface area contributed by atoms with Crippen LogP contribution in [0.25, 0.3) is 0 Å². The van der Waals surface area contributed by atoms with Gasteiger partial charge in [-0.3, -0.25) is 0 Å². The highest BCUT2D eigenvalue weighted by Crippen LogP contribution is 2.50.